The Labute approximate surface area is 174 Å². The third kappa shape index (κ3) is 7.25. The molecular weight excluding hydrogens is 372 g/mol. The predicted molar refractivity (Wildman–Crippen MR) is 108 cm³/mol. The summed E-state index contributed by atoms with van der Waals surface area (Å²) in [5.74, 6) is 0.252. The maximum atomic E-state index is 12.3. The van der Waals surface area contributed by atoms with E-state index in [4.69, 9.17) is 14.2 Å². The second-order valence-corrected chi connectivity index (χ2v) is 10.4. The minimum absolute atomic E-state index is 0.0790. The van der Waals surface area contributed by atoms with E-state index in [2.05, 4.69) is 20.8 Å². The van der Waals surface area contributed by atoms with E-state index >= 15 is 0 Å². The van der Waals surface area contributed by atoms with Gasteiger partial charge in [0.15, 0.2) is 0 Å². The summed E-state index contributed by atoms with van der Waals surface area (Å²) < 4.78 is 16.6. The number of hydrogen-bond acceptors (Lipinski definition) is 6. The fourth-order valence-corrected chi connectivity index (χ4v) is 5.02. The summed E-state index contributed by atoms with van der Waals surface area (Å²) in [6.45, 7) is 7.07. The Balaban J connectivity index is 1.31. The van der Waals surface area contributed by atoms with Gasteiger partial charge >= 0.3 is 11.9 Å². The van der Waals surface area contributed by atoms with Crippen molar-refractivity contribution in [2.45, 2.75) is 96.9 Å². The number of rotatable bonds is 9. The Morgan fingerprint density at radius 3 is 2.48 bits per heavy atom. The summed E-state index contributed by atoms with van der Waals surface area (Å²) >= 11 is 0. The second-order valence-electron chi connectivity index (χ2n) is 10.4. The van der Waals surface area contributed by atoms with Gasteiger partial charge in [-0.15, -0.1) is 0 Å². The molecule has 2 saturated carbocycles. The number of esters is 2. The van der Waals surface area contributed by atoms with Gasteiger partial charge in [0.1, 0.15) is 0 Å². The molecule has 0 spiro atoms. The molecule has 1 aliphatic heterocycles. The van der Waals surface area contributed by atoms with Crippen molar-refractivity contribution in [3.8, 4) is 0 Å². The molecule has 2 aliphatic carbocycles. The van der Waals surface area contributed by atoms with Gasteiger partial charge < -0.3 is 19.3 Å². The van der Waals surface area contributed by atoms with Gasteiger partial charge in [-0.25, -0.2) is 0 Å². The highest BCUT2D eigenvalue weighted by Crippen LogP contribution is 2.39. The third-order valence-electron chi connectivity index (χ3n) is 6.66. The quantitative estimate of drug-likeness (QED) is 0.461. The van der Waals surface area contributed by atoms with Gasteiger partial charge in [-0.05, 0) is 68.6 Å². The topological polar surface area (TPSA) is 85.4 Å². The van der Waals surface area contributed by atoms with Gasteiger partial charge in [0.05, 0.1) is 43.9 Å². The van der Waals surface area contributed by atoms with E-state index in [1.807, 2.05) is 0 Å². The summed E-state index contributed by atoms with van der Waals surface area (Å²) in [5.41, 5.74) is -0.199. The summed E-state index contributed by atoms with van der Waals surface area (Å²) in [6, 6.07) is 0. The summed E-state index contributed by atoms with van der Waals surface area (Å²) in [7, 11) is 0. The van der Waals surface area contributed by atoms with Gasteiger partial charge in [0.25, 0.3) is 0 Å². The molecule has 0 radical (unpaired) electrons. The fraction of sp³-hybridized carbons (Fsp3) is 0.913. The third-order valence-corrected chi connectivity index (χ3v) is 6.66. The standard InChI is InChI=1S/C23H38O6/c1-15(13-28-22(26)17-5-7-18(24)8-6-17)11-23(2,3)12-21(25)27-14-16-4-9-19-20(10-16)29-19/h15-20,24H,4-14H2,1-3H3. The molecule has 29 heavy (non-hydrogen) atoms. The van der Waals surface area contributed by atoms with Crippen LogP contribution in [-0.4, -0.2) is 48.6 Å². The first-order valence-electron chi connectivity index (χ1n) is 11.4. The minimum Gasteiger partial charge on any atom is -0.465 e. The molecule has 0 amide bonds. The van der Waals surface area contributed by atoms with Crippen molar-refractivity contribution >= 4 is 11.9 Å². The molecule has 0 aromatic rings. The van der Waals surface area contributed by atoms with Crippen LogP contribution in [0.15, 0.2) is 0 Å². The average molecular weight is 411 g/mol. The largest absolute Gasteiger partial charge is 0.465 e. The number of ether oxygens (including phenoxy) is 3. The van der Waals surface area contributed by atoms with Crippen LogP contribution in [0.5, 0.6) is 0 Å². The number of carbonyl (C=O) groups is 2. The summed E-state index contributed by atoms with van der Waals surface area (Å²) in [6.07, 6.45) is 7.75. The van der Waals surface area contributed by atoms with Crippen LogP contribution in [0.2, 0.25) is 0 Å². The molecule has 6 nitrogen and oxygen atoms in total. The van der Waals surface area contributed by atoms with E-state index in [-0.39, 0.29) is 35.3 Å². The van der Waals surface area contributed by atoms with E-state index < -0.39 is 0 Å². The van der Waals surface area contributed by atoms with Gasteiger partial charge in [0, 0.05) is 0 Å². The normalized spacial score (nSPS) is 32.8. The number of hydrogen-bond donors (Lipinski definition) is 1. The van der Waals surface area contributed by atoms with Crippen molar-refractivity contribution in [2.24, 2.45) is 23.2 Å². The van der Waals surface area contributed by atoms with Gasteiger partial charge in [-0.3, -0.25) is 9.59 Å². The van der Waals surface area contributed by atoms with Crippen LogP contribution in [-0.2, 0) is 23.8 Å². The Morgan fingerprint density at radius 2 is 1.79 bits per heavy atom. The van der Waals surface area contributed by atoms with Crippen molar-refractivity contribution in [1.82, 2.24) is 0 Å². The molecule has 1 N–H and O–H groups in total. The molecule has 1 saturated heterocycles. The molecule has 0 bridgehead atoms. The van der Waals surface area contributed by atoms with Crippen molar-refractivity contribution in [1.29, 1.82) is 0 Å². The van der Waals surface area contributed by atoms with Crippen molar-refractivity contribution < 1.29 is 28.9 Å². The highest BCUT2D eigenvalue weighted by molar-refractivity contribution is 5.72. The first kappa shape index (κ1) is 22.5. The molecule has 3 rings (SSSR count). The maximum Gasteiger partial charge on any atom is 0.308 e. The summed E-state index contributed by atoms with van der Waals surface area (Å²) in [4.78, 5) is 24.5. The smallest absolute Gasteiger partial charge is 0.308 e. The highest BCUT2D eigenvalue weighted by atomic mass is 16.6. The van der Waals surface area contributed by atoms with Gasteiger partial charge in [-0.2, -0.15) is 0 Å². The SMILES string of the molecule is CC(COC(=O)C1CCC(O)CC1)CC(C)(C)CC(=O)OCC1CCC2OC2C1. The Morgan fingerprint density at radius 1 is 1.07 bits per heavy atom. The first-order chi connectivity index (χ1) is 13.7. The molecule has 4 unspecified atom stereocenters. The molecule has 166 valence electrons. The fourth-order valence-electron chi connectivity index (χ4n) is 5.02. The zero-order chi connectivity index (χ0) is 21.0. The lowest BCUT2D eigenvalue weighted by atomic mass is 9.81. The first-order valence-corrected chi connectivity index (χ1v) is 11.4. The van der Waals surface area contributed by atoms with Crippen LogP contribution < -0.4 is 0 Å². The van der Waals surface area contributed by atoms with E-state index in [0.717, 1.165) is 25.7 Å². The van der Waals surface area contributed by atoms with E-state index in [1.54, 1.807) is 0 Å². The Hall–Kier alpha value is -1.14. The predicted octanol–water partition coefficient (Wildman–Crippen LogP) is 3.63. The van der Waals surface area contributed by atoms with Crippen LogP contribution in [0.1, 0.15) is 78.6 Å². The van der Waals surface area contributed by atoms with Crippen molar-refractivity contribution in [3.05, 3.63) is 0 Å². The number of aliphatic hydroxyl groups is 1. The van der Waals surface area contributed by atoms with Crippen LogP contribution in [0.3, 0.4) is 0 Å². The van der Waals surface area contributed by atoms with E-state index in [9.17, 15) is 14.7 Å². The number of epoxide rings is 1. The lowest BCUT2D eigenvalue weighted by molar-refractivity contribution is -0.153. The monoisotopic (exact) mass is 410 g/mol. The zero-order valence-corrected chi connectivity index (χ0v) is 18.2. The van der Waals surface area contributed by atoms with Crippen LogP contribution in [0.4, 0.5) is 0 Å². The highest BCUT2D eigenvalue weighted by Gasteiger charge is 2.44. The molecule has 3 aliphatic rings. The molecule has 0 aromatic carbocycles. The minimum atomic E-state index is -0.268. The number of fused-ring (bicyclic) bond motifs is 1. The van der Waals surface area contributed by atoms with Crippen LogP contribution in [0, 0.1) is 23.2 Å². The Kier molecular flexibility index (Phi) is 7.60. The van der Waals surface area contributed by atoms with Crippen LogP contribution >= 0.6 is 0 Å². The molecular formula is C23H38O6. The average Bonchev–Trinajstić information content (AvgIpc) is 3.43. The number of aliphatic hydroxyl groups excluding tert-OH is 1. The Bertz CT molecular complexity index is 566. The molecule has 4 atom stereocenters. The molecule has 1 heterocycles. The van der Waals surface area contributed by atoms with E-state index in [0.29, 0.717) is 63.4 Å². The molecule has 0 aromatic heterocycles. The maximum absolute atomic E-state index is 12.3. The van der Waals surface area contributed by atoms with Crippen molar-refractivity contribution in [3.63, 3.8) is 0 Å². The van der Waals surface area contributed by atoms with Gasteiger partial charge in [-0.1, -0.05) is 20.8 Å². The lowest BCUT2D eigenvalue weighted by Gasteiger charge is -2.28. The second kappa shape index (κ2) is 9.78. The molecule has 3 fully saturated rings. The van der Waals surface area contributed by atoms with Gasteiger partial charge in [0.2, 0.25) is 0 Å². The molecule has 6 heteroatoms. The van der Waals surface area contributed by atoms with Crippen molar-refractivity contribution in [2.75, 3.05) is 13.2 Å². The zero-order valence-electron chi connectivity index (χ0n) is 18.2. The summed E-state index contributed by atoms with van der Waals surface area (Å²) in [5, 5.41) is 9.56. The number of carbonyl (C=O) groups excluding carboxylic acids is 2. The van der Waals surface area contributed by atoms with E-state index in [1.165, 1.54) is 0 Å². The van der Waals surface area contributed by atoms with Crippen LogP contribution in [0.25, 0.3) is 0 Å². The lowest BCUT2D eigenvalue weighted by Crippen LogP contribution is -2.28.